The SMILES string of the molecule is COc1cc(CNC(=O)[C@H](c2ccccc2)N2CCSCC2)ccn1. The standard InChI is InChI=1S/C19H23N3O2S/c1-24-17-13-15(7-8-20-17)14-21-19(23)18(16-5-3-2-4-6-16)22-9-11-25-12-10-22/h2-8,13,18H,9-12,14H2,1H3,(H,21,23)/t18-/m0/s1. The van der Waals surface area contributed by atoms with E-state index in [0.29, 0.717) is 12.4 Å². The molecule has 1 saturated heterocycles. The van der Waals surface area contributed by atoms with Gasteiger partial charge in [0.25, 0.3) is 0 Å². The van der Waals surface area contributed by atoms with Gasteiger partial charge in [0, 0.05) is 43.4 Å². The third kappa shape index (κ3) is 4.74. The van der Waals surface area contributed by atoms with Crippen LogP contribution in [0.5, 0.6) is 5.88 Å². The van der Waals surface area contributed by atoms with Crippen LogP contribution in [-0.4, -0.2) is 47.5 Å². The van der Waals surface area contributed by atoms with Crippen LogP contribution in [0.1, 0.15) is 17.2 Å². The van der Waals surface area contributed by atoms with E-state index in [0.717, 1.165) is 35.7 Å². The molecule has 2 aromatic rings. The second kappa shape index (κ2) is 8.87. The van der Waals surface area contributed by atoms with E-state index in [2.05, 4.69) is 15.2 Å². The Labute approximate surface area is 152 Å². The van der Waals surface area contributed by atoms with E-state index in [9.17, 15) is 4.79 Å². The van der Waals surface area contributed by atoms with Crippen molar-refractivity contribution in [3.63, 3.8) is 0 Å². The summed E-state index contributed by atoms with van der Waals surface area (Å²) < 4.78 is 5.14. The van der Waals surface area contributed by atoms with Crippen molar-refractivity contribution >= 4 is 17.7 Å². The molecule has 1 amide bonds. The lowest BCUT2D eigenvalue weighted by Crippen LogP contribution is -2.44. The molecule has 0 unspecified atom stereocenters. The Hall–Kier alpha value is -2.05. The summed E-state index contributed by atoms with van der Waals surface area (Å²) in [6.45, 7) is 2.32. The fourth-order valence-electron chi connectivity index (χ4n) is 2.96. The topological polar surface area (TPSA) is 54.5 Å². The number of carbonyl (C=O) groups excluding carboxylic acids is 1. The van der Waals surface area contributed by atoms with Crippen LogP contribution in [0.25, 0.3) is 0 Å². The predicted molar refractivity (Wildman–Crippen MR) is 101 cm³/mol. The fourth-order valence-corrected chi connectivity index (χ4v) is 3.89. The number of amides is 1. The maximum absolute atomic E-state index is 13.0. The number of hydrogen-bond donors (Lipinski definition) is 1. The molecule has 132 valence electrons. The summed E-state index contributed by atoms with van der Waals surface area (Å²) in [7, 11) is 1.59. The van der Waals surface area contributed by atoms with Gasteiger partial charge in [0.15, 0.2) is 0 Å². The quantitative estimate of drug-likeness (QED) is 0.861. The number of carbonyl (C=O) groups is 1. The minimum atomic E-state index is -0.245. The van der Waals surface area contributed by atoms with Gasteiger partial charge in [-0.1, -0.05) is 30.3 Å². The van der Waals surface area contributed by atoms with E-state index < -0.39 is 0 Å². The fraction of sp³-hybridized carbons (Fsp3) is 0.368. The van der Waals surface area contributed by atoms with Crippen LogP contribution in [0.2, 0.25) is 0 Å². The highest BCUT2D eigenvalue weighted by Crippen LogP contribution is 2.24. The van der Waals surface area contributed by atoms with Gasteiger partial charge in [0.1, 0.15) is 6.04 Å². The Kier molecular flexibility index (Phi) is 6.30. The maximum atomic E-state index is 13.0. The van der Waals surface area contributed by atoms with Crippen LogP contribution in [0.15, 0.2) is 48.7 Å². The Morgan fingerprint density at radius 3 is 2.76 bits per heavy atom. The van der Waals surface area contributed by atoms with Crippen molar-refractivity contribution in [2.75, 3.05) is 31.7 Å². The minimum absolute atomic E-state index is 0.0360. The summed E-state index contributed by atoms with van der Waals surface area (Å²) in [6.07, 6.45) is 1.69. The zero-order chi connectivity index (χ0) is 17.5. The molecule has 5 nitrogen and oxygen atoms in total. The lowest BCUT2D eigenvalue weighted by molar-refractivity contribution is -0.126. The molecule has 0 spiro atoms. The summed E-state index contributed by atoms with van der Waals surface area (Å²) in [4.78, 5) is 19.3. The van der Waals surface area contributed by atoms with Gasteiger partial charge in [-0.05, 0) is 17.2 Å². The molecule has 0 aliphatic carbocycles. The van der Waals surface area contributed by atoms with E-state index in [-0.39, 0.29) is 11.9 Å². The van der Waals surface area contributed by atoms with Crippen molar-refractivity contribution in [2.45, 2.75) is 12.6 Å². The molecule has 25 heavy (non-hydrogen) atoms. The van der Waals surface area contributed by atoms with Gasteiger partial charge in [-0.25, -0.2) is 4.98 Å². The molecule has 0 saturated carbocycles. The van der Waals surface area contributed by atoms with Gasteiger partial charge in [-0.15, -0.1) is 0 Å². The lowest BCUT2D eigenvalue weighted by atomic mass is 10.0. The number of pyridine rings is 1. The Morgan fingerprint density at radius 1 is 1.28 bits per heavy atom. The van der Waals surface area contributed by atoms with Crippen LogP contribution in [0, 0.1) is 0 Å². The average Bonchev–Trinajstić information content (AvgIpc) is 2.68. The molecular weight excluding hydrogens is 334 g/mol. The second-order valence-electron chi connectivity index (χ2n) is 5.89. The summed E-state index contributed by atoms with van der Waals surface area (Å²) in [5, 5.41) is 3.08. The molecule has 1 N–H and O–H groups in total. The van der Waals surface area contributed by atoms with Gasteiger partial charge in [0.05, 0.1) is 7.11 Å². The number of thioether (sulfide) groups is 1. The van der Waals surface area contributed by atoms with Crippen LogP contribution in [0.4, 0.5) is 0 Å². The van der Waals surface area contributed by atoms with Gasteiger partial charge in [0.2, 0.25) is 11.8 Å². The number of benzene rings is 1. The smallest absolute Gasteiger partial charge is 0.242 e. The van der Waals surface area contributed by atoms with Gasteiger partial charge >= 0.3 is 0 Å². The second-order valence-corrected chi connectivity index (χ2v) is 7.11. The summed E-state index contributed by atoms with van der Waals surface area (Å²) in [5.74, 6) is 2.73. The molecule has 1 atom stereocenters. The number of rotatable bonds is 6. The lowest BCUT2D eigenvalue weighted by Gasteiger charge is -2.33. The molecule has 0 bridgehead atoms. The van der Waals surface area contributed by atoms with Gasteiger partial charge < -0.3 is 10.1 Å². The zero-order valence-electron chi connectivity index (χ0n) is 14.4. The molecular formula is C19H23N3O2S. The van der Waals surface area contributed by atoms with E-state index >= 15 is 0 Å². The Bertz CT molecular complexity index is 690. The third-order valence-electron chi connectivity index (χ3n) is 4.25. The molecule has 1 fully saturated rings. The molecule has 1 aromatic carbocycles. The summed E-state index contributed by atoms with van der Waals surface area (Å²) >= 11 is 1.94. The largest absolute Gasteiger partial charge is 0.481 e. The van der Waals surface area contributed by atoms with Crippen LogP contribution in [-0.2, 0) is 11.3 Å². The Morgan fingerprint density at radius 2 is 2.04 bits per heavy atom. The maximum Gasteiger partial charge on any atom is 0.242 e. The molecule has 1 aromatic heterocycles. The first-order valence-electron chi connectivity index (χ1n) is 8.41. The first-order chi connectivity index (χ1) is 12.3. The first kappa shape index (κ1) is 17.8. The minimum Gasteiger partial charge on any atom is -0.481 e. The molecule has 2 heterocycles. The summed E-state index contributed by atoms with van der Waals surface area (Å²) in [5.41, 5.74) is 2.01. The van der Waals surface area contributed by atoms with Crippen LogP contribution < -0.4 is 10.1 Å². The highest BCUT2D eigenvalue weighted by Gasteiger charge is 2.28. The Balaban J connectivity index is 1.72. The average molecular weight is 357 g/mol. The van der Waals surface area contributed by atoms with Crippen molar-refractivity contribution in [1.82, 2.24) is 15.2 Å². The van der Waals surface area contributed by atoms with Crippen molar-refractivity contribution in [3.8, 4) is 5.88 Å². The van der Waals surface area contributed by atoms with Gasteiger partial charge in [-0.3, -0.25) is 9.69 Å². The highest BCUT2D eigenvalue weighted by atomic mass is 32.2. The van der Waals surface area contributed by atoms with Crippen molar-refractivity contribution < 1.29 is 9.53 Å². The van der Waals surface area contributed by atoms with Crippen LogP contribution >= 0.6 is 11.8 Å². The molecule has 1 aliphatic rings. The van der Waals surface area contributed by atoms with E-state index in [1.54, 1.807) is 13.3 Å². The number of hydrogen-bond acceptors (Lipinski definition) is 5. The number of nitrogens with zero attached hydrogens (tertiary/aromatic N) is 2. The van der Waals surface area contributed by atoms with Crippen molar-refractivity contribution in [1.29, 1.82) is 0 Å². The highest BCUT2D eigenvalue weighted by molar-refractivity contribution is 7.99. The monoisotopic (exact) mass is 357 g/mol. The van der Waals surface area contributed by atoms with E-state index in [1.165, 1.54) is 0 Å². The number of methoxy groups -OCH3 is 1. The first-order valence-corrected chi connectivity index (χ1v) is 9.57. The van der Waals surface area contributed by atoms with Gasteiger partial charge in [-0.2, -0.15) is 11.8 Å². The van der Waals surface area contributed by atoms with Crippen LogP contribution in [0.3, 0.4) is 0 Å². The number of aromatic nitrogens is 1. The van der Waals surface area contributed by atoms with Crippen molar-refractivity contribution in [3.05, 3.63) is 59.8 Å². The molecule has 6 heteroatoms. The van der Waals surface area contributed by atoms with E-state index in [1.807, 2.05) is 54.2 Å². The molecule has 0 radical (unpaired) electrons. The normalized spacial score (nSPS) is 16.2. The number of ether oxygens (including phenoxy) is 1. The number of nitrogens with one attached hydrogen (secondary N) is 1. The third-order valence-corrected chi connectivity index (χ3v) is 5.19. The van der Waals surface area contributed by atoms with E-state index in [4.69, 9.17) is 4.74 Å². The predicted octanol–water partition coefficient (Wildman–Crippen LogP) is 2.50. The summed E-state index contributed by atoms with van der Waals surface area (Å²) in [6, 6.07) is 13.5. The molecule has 3 rings (SSSR count). The van der Waals surface area contributed by atoms with Crippen molar-refractivity contribution in [2.24, 2.45) is 0 Å². The molecule has 1 aliphatic heterocycles. The zero-order valence-corrected chi connectivity index (χ0v) is 15.2.